The average Bonchev–Trinajstić information content (AvgIpc) is 2.16. The maximum atomic E-state index is 12.7. The van der Waals surface area contributed by atoms with Crippen molar-refractivity contribution in [3.63, 3.8) is 0 Å². The van der Waals surface area contributed by atoms with Crippen LogP contribution in [0.15, 0.2) is 24.8 Å². The Balaban J connectivity index is 3.23. The van der Waals surface area contributed by atoms with E-state index in [1.165, 1.54) is 7.11 Å². The van der Waals surface area contributed by atoms with Gasteiger partial charge < -0.3 is 0 Å². The third kappa shape index (κ3) is 2.73. The molecule has 0 atom stereocenters. The first kappa shape index (κ1) is 12.5. The molecule has 0 amide bonds. The van der Waals surface area contributed by atoms with Crippen LogP contribution < -0.4 is 5.48 Å². The maximum absolute atomic E-state index is 12.7. The number of nitrogens with one attached hydrogen (secondary N) is 1. The SMILES string of the molecule is C=C(NOC)c1ccc(F)cc1C(F)(F)F. The van der Waals surface area contributed by atoms with E-state index < -0.39 is 17.6 Å². The van der Waals surface area contributed by atoms with Crippen molar-refractivity contribution in [1.29, 1.82) is 0 Å². The second-order valence-corrected chi connectivity index (χ2v) is 2.97. The number of hydroxylamine groups is 1. The molecule has 2 nitrogen and oxygen atoms in total. The van der Waals surface area contributed by atoms with Crippen molar-refractivity contribution in [3.8, 4) is 0 Å². The number of rotatable bonds is 3. The minimum absolute atomic E-state index is 0.0881. The molecule has 0 aliphatic heterocycles. The summed E-state index contributed by atoms with van der Waals surface area (Å²) in [5, 5.41) is 0. The molecule has 6 heteroatoms. The van der Waals surface area contributed by atoms with Gasteiger partial charge in [0.2, 0.25) is 0 Å². The molecular formula is C10H9F4NO. The Morgan fingerprint density at radius 1 is 1.38 bits per heavy atom. The van der Waals surface area contributed by atoms with E-state index >= 15 is 0 Å². The Labute approximate surface area is 89.5 Å². The lowest BCUT2D eigenvalue weighted by Crippen LogP contribution is -2.15. The van der Waals surface area contributed by atoms with Gasteiger partial charge in [-0.3, -0.25) is 10.3 Å². The molecule has 88 valence electrons. The Morgan fingerprint density at radius 3 is 2.50 bits per heavy atom. The summed E-state index contributed by atoms with van der Waals surface area (Å²) in [6.07, 6.45) is -4.64. The van der Waals surface area contributed by atoms with Crippen LogP contribution >= 0.6 is 0 Å². The van der Waals surface area contributed by atoms with Crippen LogP contribution in [0.4, 0.5) is 17.6 Å². The molecule has 0 radical (unpaired) electrons. The lowest BCUT2D eigenvalue weighted by atomic mass is 10.0. The summed E-state index contributed by atoms with van der Waals surface area (Å²) in [6.45, 7) is 3.36. The van der Waals surface area contributed by atoms with Gasteiger partial charge in [0.05, 0.1) is 18.4 Å². The van der Waals surface area contributed by atoms with Crippen LogP contribution in [-0.2, 0) is 11.0 Å². The van der Waals surface area contributed by atoms with Crippen LogP contribution in [0, 0.1) is 5.82 Å². The zero-order valence-corrected chi connectivity index (χ0v) is 8.36. The highest BCUT2D eigenvalue weighted by atomic mass is 19.4. The molecule has 1 N–H and O–H groups in total. The highest BCUT2D eigenvalue weighted by molar-refractivity contribution is 5.64. The van der Waals surface area contributed by atoms with Gasteiger partial charge in [0.25, 0.3) is 0 Å². The van der Waals surface area contributed by atoms with Crippen LogP contribution in [0.2, 0.25) is 0 Å². The summed E-state index contributed by atoms with van der Waals surface area (Å²) in [7, 11) is 1.24. The predicted octanol–water partition coefficient (Wildman–Crippen LogP) is 2.97. The molecule has 1 rings (SSSR count). The first-order valence-corrected chi connectivity index (χ1v) is 4.21. The van der Waals surface area contributed by atoms with Gasteiger partial charge in [0.15, 0.2) is 0 Å². The van der Waals surface area contributed by atoms with Crippen molar-refractivity contribution in [3.05, 3.63) is 41.7 Å². The van der Waals surface area contributed by atoms with E-state index in [4.69, 9.17) is 0 Å². The Morgan fingerprint density at radius 2 is 2.00 bits per heavy atom. The van der Waals surface area contributed by atoms with Gasteiger partial charge in [-0.25, -0.2) is 4.39 Å². The molecule has 0 aliphatic carbocycles. The van der Waals surface area contributed by atoms with Gasteiger partial charge in [0.1, 0.15) is 5.82 Å². The summed E-state index contributed by atoms with van der Waals surface area (Å²) in [4.78, 5) is 4.45. The van der Waals surface area contributed by atoms with Crippen LogP contribution in [0.25, 0.3) is 5.70 Å². The average molecular weight is 235 g/mol. The van der Waals surface area contributed by atoms with E-state index in [-0.39, 0.29) is 11.3 Å². The summed E-state index contributed by atoms with van der Waals surface area (Å²) in [5.74, 6) is -0.957. The largest absolute Gasteiger partial charge is 0.417 e. The molecule has 0 heterocycles. The van der Waals surface area contributed by atoms with E-state index in [2.05, 4.69) is 16.9 Å². The zero-order valence-electron chi connectivity index (χ0n) is 8.36. The molecular weight excluding hydrogens is 226 g/mol. The first-order valence-electron chi connectivity index (χ1n) is 4.21. The van der Waals surface area contributed by atoms with E-state index in [0.29, 0.717) is 6.07 Å². The van der Waals surface area contributed by atoms with Crippen molar-refractivity contribution in [1.82, 2.24) is 5.48 Å². The fraction of sp³-hybridized carbons (Fsp3) is 0.200. The van der Waals surface area contributed by atoms with E-state index in [1.807, 2.05) is 0 Å². The number of alkyl halides is 3. The quantitative estimate of drug-likeness (QED) is 0.642. The summed E-state index contributed by atoms with van der Waals surface area (Å²) < 4.78 is 50.4. The van der Waals surface area contributed by atoms with Crippen molar-refractivity contribution >= 4 is 5.70 Å². The minimum atomic E-state index is -4.64. The molecule has 0 saturated heterocycles. The third-order valence-electron chi connectivity index (χ3n) is 1.84. The summed E-state index contributed by atoms with van der Waals surface area (Å²) in [6, 6.07) is 2.33. The third-order valence-corrected chi connectivity index (χ3v) is 1.84. The lowest BCUT2D eigenvalue weighted by Gasteiger charge is -2.14. The Kier molecular flexibility index (Phi) is 3.54. The van der Waals surface area contributed by atoms with Gasteiger partial charge >= 0.3 is 6.18 Å². The number of hydrogen-bond acceptors (Lipinski definition) is 2. The molecule has 16 heavy (non-hydrogen) atoms. The van der Waals surface area contributed by atoms with Crippen LogP contribution in [0.5, 0.6) is 0 Å². The standard InChI is InChI=1S/C10H9F4NO/c1-6(15-16-2)8-4-3-7(11)5-9(8)10(12,13)14/h3-5,15H,1H2,2H3. The molecule has 0 unspecified atom stereocenters. The van der Waals surface area contributed by atoms with E-state index in [0.717, 1.165) is 12.1 Å². The van der Waals surface area contributed by atoms with E-state index in [9.17, 15) is 17.6 Å². The maximum Gasteiger partial charge on any atom is 0.417 e. The molecule has 0 saturated carbocycles. The van der Waals surface area contributed by atoms with Crippen LogP contribution in [0.3, 0.4) is 0 Å². The second-order valence-electron chi connectivity index (χ2n) is 2.97. The van der Waals surface area contributed by atoms with Gasteiger partial charge in [-0.1, -0.05) is 6.58 Å². The molecule has 0 aliphatic rings. The van der Waals surface area contributed by atoms with Crippen LogP contribution in [0.1, 0.15) is 11.1 Å². The fourth-order valence-electron chi connectivity index (χ4n) is 1.19. The van der Waals surface area contributed by atoms with E-state index in [1.54, 1.807) is 0 Å². The Bertz CT molecular complexity index is 400. The minimum Gasteiger partial charge on any atom is -0.279 e. The molecule has 0 aromatic heterocycles. The zero-order chi connectivity index (χ0) is 12.3. The molecule has 0 bridgehead atoms. The lowest BCUT2D eigenvalue weighted by molar-refractivity contribution is -0.138. The monoisotopic (exact) mass is 235 g/mol. The first-order chi connectivity index (χ1) is 7.36. The summed E-state index contributed by atoms with van der Waals surface area (Å²) in [5.41, 5.74) is 0.739. The smallest absolute Gasteiger partial charge is 0.279 e. The van der Waals surface area contributed by atoms with Crippen LogP contribution in [-0.4, -0.2) is 7.11 Å². The summed E-state index contributed by atoms with van der Waals surface area (Å²) >= 11 is 0. The number of benzene rings is 1. The van der Waals surface area contributed by atoms with Crippen molar-refractivity contribution in [2.45, 2.75) is 6.18 Å². The number of halogens is 4. The van der Waals surface area contributed by atoms with Gasteiger partial charge in [-0.05, 0) is 18.2 Å². The van der Waals surface area contributed by atoms with Crippen molar-refractivity contribution in [2.75, 3.05) is 7.11 Å². The molecule has 1 aromatic carbocycles. The fourth-order valence-corrected chi connectivity index (χ4v) is 1.19. The normalized spacial score (nSPS) is 11.3. The van der Waals surface area contributed by atoms with Crippen molar-refractivity contribution in [2.24, 2.45) is 0 Å². The van der Waals surface area contributed by atoms with Gasteiger partial charge in [-0.2, -0.15) is 13.2 Å². The molecule has 0 spiro atoms. The molecule has 0 fully saturated rings. The topological polar surface area (TPSA) is 21.3 Å². The van der Waals surface area contributed by atoms with Crippen molar-refractivity contribution < 1.29 is 22.4 Å². The van der Waals surface area contributed by atoms with Gasteiger partial charge in [-0.15, -0.1) is 0 Å². The highest BCUT2D eigenvalue weighted by Gasteiger charge is 2.34. The molecule has 1 aromatic rings. The Hall–Kier alpha value is -1.56. The second kappa shape index (κ2) is 4.52. The predicted molar refractivity (Wildman–Crippen MR) is 50.6 cm³/mol. The number of hydrogen-bond donors (Lipinski definition) is 1. The highest BCUT2D eigenvalue weighted by Crippen LogP contribution is 2.34. The van der Waals surface area contributed by atoms with Gasteiger partial charge in [0, 0.05) is 5.56 Å².